The molecule has 0 aliphatic heterocycles. The topological polar surface area (TPSA) is 119 Å². The molecule has 8 heteroatoms. The Labute approximate surface area is 354 Å². The normalized spacial score (nSPS) is 13.5. The molecule has 0 radical (unpaired) electrons. The first-order chi connectivity index (χ1) is 29.0. The summed E-state index contributed by atoms with van der Waals surface area (Å²) in [5.74, 6) is -2.06. The molecule has 0 aromatic heterocycles. The molecule has 8 nitrogen and oxygen atoms in total. The van der Waals surface area contributed by atoms with Gasteiger partial charge in [-0.3, -0.25) is 4.90 Å². The van der Waals surface area contributed by atoms with Crippen LogP contribution in [0.25, 0.3) is 0 Å². The van der Waals surface area contributed by atoms with Crippen molar-refractivity contribution in [1.82, 2.24) is 10.2 Å². The highest BCUT2D eigenvalue weighted by atomic mass is 16.5. The van der Waals surface area contributed by atoms with Crippen molar-refractivity contribution < 1.29 is 29.6 Å². The molecule has 0 saturated carbocycles. The van der Waals surface area contributed by atoms with E-state index in [1.54, 1.807) is 24.3 Å². The van der Waals surface area contributed by atoms with Crippen LogP contribution in [0.15, 0.2) is 158 Å². The molecule has 6 rings (SSSR count). The molecule has 0 saturated heterocycles. The summed E-state index contributed by atoms with van der Waals surface area (Å²) in [5, 5.41) is 36.3. The first-order valence-corrected chi connectivity index (χ1v) is 20.7. The molecule has 0 bridgehead atoms. The molecule has 0 amide bonds. The number of aromatic hydroxyl groups is 1. The van der Waals surface area contributed by atoms with Crippen molar-refractivity contribution in [2.24, 2.45) is 0 Å². The van der Waals surface area contributed by atoms with Crippen LogP contribution in [0.5, 0.6) is 11.5 Å². The number of aromatic carboxylic acids is 2. The number of phenols is 1. The minimum atomic E-state index is -1.09. The van der Waals surface area contributed by atoms with Crippen molar-refractivity contribution >= 4 is 11.9 Å². The molecular formula is C52H56N2O6. The number of carboxylic acid groups (broad SMARTS) is 2. The maximum atomic E-state index is 12.9. The van der Waals surface area contributed by atoms with E-state index in [-0.39, 0.29) is 35.6 Å². The monoisotopic (exact) mass is 804 g/mol. The largest absolute Gasteiger partial charge is 0.508 e. The van der Waals surface area contributed by atoms with Crippen LogP contribution in [0.1, 0.15) is 101 Å². The molecule has 3 unspecified atom stereocenters. The Hall–Kier alpha value is -6.22. The smallest absolute Gasteiger partial charge is 0.335 e. The SMILES string of the molecule is CC(C)NC(CC(c1ccccc1)c1cc(C(=O)O)ccc1O)C(CCN(Cc1ccccc1)C(C)C)(c1ccccc1)c1cc(C(=O)O)ccc1OCc1ccccc1. The van der Waals surface area contributed by atoms with Crippen LogP contribution in [0.3, 0.4) is 0 Å². The standard InChI is InChI=1S/C52H56N2O6/c1-36(2)53-49(33-44(40-21-13-7-14-22-40)45-31-41(50(56)57)25-27-47(45)55)52(43-23-15-8-16-24-43,29-30-54(37(3)4)34-38-17-9-5-10-18-38)46-32-42(51(58)59)26-28-48(46)60-35-39-19-11-6-12-20-39/h5-28,31-32,36-37,44,49,53,55H,29-30,33-35H2,1-4H3,(H,56,57)(H,58,59). The second-order valence-electron chi connectivity index (χ2n) is 16.1. The first kappa shape index (κ1) is 43.4. The van der Waals surface area contributed by atoms with Crippen LogP contribution >= 0.6 is 0 Å². The Morgan fingerprint density at radius 3 is 1.82 bits per heavy atom. The number of hydrogen-bond acceptors (Lipinski definition) is 6. The lowest BCUT2D eigenvalue weighted by Gasteiger charge is -2.47. The lowest BCUT2D eigenvalue weighted by atomic mass is 9.63. The molecule has 0 heterocycles. The Morgan fingerprint density at radius 2 is 1.23 bits per heavy atom. The predicted octanol–water partition coefficient (Wildman–Crippen LogP) is 10.5. The number of nitrogens with one attached hydrogen (secondary N) is 1. The number of ether oxygens (including phenoxy) is 1. The summed E-state index contributed by atoms with van der Waals surface area (Å²) >= 11 is 0. The van der Waals surface area contributed by atoms with E-state index >= 15 is 0 Å². The van der Waals surface area contributed by atoms with Crippen molar-refractivity contribution in [3.63, 3.8) is 0 Å². The van der Waals surface area contributed by atoms with E-state index < -0.39 is 29.3 Å². The van der Waals surface area contributed by atoms with Gasteiger partial charge in [-0.25, -0.2) is 9.59 Å². The summed E-state index contributed by atoms with van der Waals surface area (Å²) in [6.45, 7) is 10.2. The van der Waals surface area contributed by atoms with Crippen molar-refractivity contribution in [3.8, 4) is 11.5 Å². The van der Waals surface area contributed by atoms with Crippen LogP contribution < -0.4 is 10.1 Å². The quantitative estimate of drug-likeness (QED) is 0.0602. The molecule has 0 spiro atoms. The van der Waals surface area contributed by atoms with Crippen molar-refractivity contribution in [3.05, 3.63) is 202 Å². The minimum absolute atomic E-state index is 0.00365. The van der Waals surface area contributed by atoms with Gasteiger partial charge in [0.25, 0.3) is 0 Å². The van der Waals surface area contributed by atoms with E-state index in [0.717, 1.165) is 22.3 Å². The van der Waals surface area contributed by atoms with Crippen LogP contribution in [0.2, 0.25) is 0 Å². The molecule has 3 atom stereocenters. The maximum absolute atomic E-state index is 12.9. The van der Waals surface area contributed by atoms with Crippen LogP contribution in [-0.2, 0) is 18.6 Å². The second-order valence-corrected chi connectivity index (χ2v) is 16.1. The number of benzene rings is 6. The summed E-state index contributed by atoms with van der Waals surface area (Å²) in [4.78, 5) is 27.8. The molecule has 6 aromatic rings. The van der Waals surface area contributed by atoms with Gasteiger partial charge in [-0.2, -0.15) is 0 Å². The lowest BCUT2D eigenvalue weighted by molar-refractivity contribution is 0.0685. The van der Waals surface area contributed by atoms with Crippen LogP contribution in [0.4, 0.5) is 0 Å². The van der Waals surface area contributed by atoms with Crippen molar-refractivity contribution in [2.45, 2.75) is 83.1 Å². The van der Waals surface area contributed by atoms with Gasteiger partial charge in [-0.1, -0.05) is 135 Å². The first-order valence-electron chi connectivity index (χ1n) is 20.7. The number of carboxylic acids is 2. The third kappa shape index (κ3) is 10.5. The summed E-state index contributed by atoms with van der Waals surface area (Å²) in [6.07, 6.45) is 0.934. The summed E-state index contributed by atoms with van der Waals surface area (Å²) in [5.41, 5.74) is 4.50. The highest BCUT2D eigenvalue weighted by Gasteiger charge is 2.46. The number of nitrogens with zero attached hydrogens (tertiary/aromatic N) is 1. The Kier molecular flexibility index (Phi) is 14.6. The average molecular weight is 805 g/mol. The van der Waals surface area contributed by atoms with Gasteiger partial charge in [0.2, 0.25) is 0 Å². The third-order valence-electron chi connectivity index (χ3n) is 11.4. The number of hydrogen-bond donors (Lipinski definition) is 4. The fraction of sp³-hybridized carbons (Fsp3) is 0.269. The maximum Gasteiger partial charge on any atom is 0.335 e. The van der Waals surface area contributed by atoms with Crippen molar-refractivity contribution in [2.75, 3.05) is 6.54 Å². The van der Waals surface area contributed by atoms with Gasteiger partial charge in [-0.05, 0) is 91.9 Å². The van der Waals surface area contributed by atoms with Gasteiger partial charge in [0, 0.05) is 47.1 Å². The van der Waals surface area contributed by atoms with E-state index in [9.17, 15) is 24.9 Å². The minimum Gasteiger partial charge on any atom is -0.508 e. The fourth-order valence-corrected chi connectivity index (χ4v) is 8.41. The molecule has 310 valence electrons. The van der Waals surface area contributed by atoms with Crippen molar-refractivity contribution in [1.29, 1.82) is 0 Å². The average Bonchev–Trinajstić information content (AvgIpc) is 3.25. The van der Waals surface area contributed by atoms with E-state index in [1.807, 2.05) is 84.9 Å². The summed E-state index contributed by atoms with van der Waals surface area (Å²) in [7, 11) is 0. The zero-order valence-electron chi connectivity index (χ0n) is 34.9. The van der Waals surface area contributed by atoms with E-state index in [0.29, 0.717) is 37.2 Å². The Morgan fingerprint density at radius 1 is 0.683 bits per heavy atom. The predicted molar refractivity (Wildman–Crippen MR) is 238 cm³/mol. The highest BCUT2D eigenvalue weighted by Crippen LogP contribution is 2.48. The number of carbonyl (C=O) groups is 2. The zero-order chi connectivity index (χ0) is 42.6. The van der Waals surface area contributed by atoms with E-state index in [2.05, 4.69) is 74.3 Å². The van der Waals surface area contributed by atoms with Crippen LogP contribution in [-0.4, -0.2) is 56.8 Å². The molecule has 60 heavy (non-hydrogen) atoms. The Bertz CT molecular complexity index is 2300. The zero-order valence-corrected chi connectivity index (χ0v) is 34.9. The van der Waals surface area contributed by atoms with Gasteiger partial charge in [0.05, 0.1) is 11.1 Å². The summed E-state index contributed by atoms with van der Waals surface area (Å²) in [6, 6.07) is 49.7. The molecule has 0 fully saturated rings. The fourth-order valence-electron chi connectivity index (χ4n) is 8.41. The third-order valence-corrected chi connectivity index (χ3v) is 11.4. The molecule has 4 N–H and O–H groups in total. The molecular weight excluding hydrogens is 749 g/mol. The number of rotatable bonds is 20. The van der Waals surface area contributed by atoms with Crippen LogP contribution in [0, 0.1) is 0 Å². The lowest BCUT2D eigenvalue weighted by Crippen LogP contribution is -2.54. The van der Waals surface area contributed by atoms with Gasteiger partial charge in [0.1, 0.15) is 18.1 Å². The highest BCUT2D eigenvalue weighted by molar-refractivity contribution is 5.89. The molecule has 0 aliphatic carbocycles. The van der Waals surface area contributed by atoms with Gasteiger partial charge < -0.3 is 25.4 Å². The van der Waals surface area contributed by atoms with Gasteiger partial charge in [-0.15, -0.1) is 0 Å². The van der Waals surface area contributed by atoms with E-state index in [4.69, 9.17) is 4.74 Å². The summed E-state index contributed by atoms with van der Waals surface area (Å²) < 4.78 is 6.79. The Balaban J connectivity index is 1.64. The van der Waals surface area contributed by atoms with Gasteiger partial charge >= 0.3 is 11.9 Å². The number of phenolic OH excluding ortho intramolecular Hbond substituents is 1. The second kappa shape index (κ2) is 20.2. The molecule has 0 aliphatic rings. The molecule has 6 aromatic carbocycles. The van der Waals surface area contributed by atoms with Gasteiger partial charge in [0.15, 0.2) is 0 Å². The van der Waals surface area contributed by atoms with E-state index in [1.165, 1.54) is 17.7 Å².